The third kappa shape index (κ3) is 2.13. The van der Waals surface area contributed by atoms with Gasteiger partial charge in [0, 0.05) is 14.1 Å². The van der Waals surface area contributed by atoms with Crippen LogP contribution in [0, 0.1) is 0 Å². The second-order valence-corrected chi connectivity index (χ2v) is 6.32. The lowest BCUT2D eigenvalue weighted by Crippen LogP contribution is -2.37. The van der Waals surface area contributed by atoms with Gasteiger partial charge in [-0.25, -0.2) is 14.8 Å². The number of hydrogen-bond acceptors (Lipinski definition) is 6. The standard InChI is InChI=1S/C15H13N5O3S/c1-18-12-11(14(21)19(2)15(18)22)20(8-16-12)6-9-7-23-13(17-9)10-4-3-5-24-10/h3-5,7-8H,6H2,1-2H3. The van der Waals surface area contributed by atoms with Gasteiger partial charge in [-0.2, -0.15) is 0 Å². The Balaban J connectivity index is 1.79. The summed E-state index contributed by atoms with van der Waals surface area (Å²) in [6, 6.07) is 3.86. The van der Waals surface area contributed by atoms with Crippen LogP contribution in [0.5, 0.6) is 0 Å². The molecule has 24 heavy (non-hydrogen) atoms. The monoisotopic (exact) mass is 343 g/mol. The van der Waals surface area contributed by atoms with Gasteiger partial charge >= 0.3 is 5.69 Å². The fourth-order valence-electron chi connectivity index (χ4n) is 2.58. The van der Waals surface area contributed by atoms with Crippen LogP contribution in [0.25, 0.3) is 21.9 Å². The normalized spacial score (nSPS) is 11.4. The second kappa shape index (κ2) is 5.31. The number of fused-ring (bicyclic) bond motifs is 1. The lowest BCUT2D eigenvalue weighted by atomic mass is 10.4. The topological polar surface area (TPSA) is 87.8 Å². The summed E-state index contributed by atoms with van der Waals surface area (Å²) >= 11 is 1.54. The number of thiophene rings is 1. The fourth-order valence-corrected chi connectivity index (χ4v) is 3.24. The molecule has 0 unspecified atom stereocenters. The number of rotatable bonds is 3. The van der Waals surface area contributed by atoms with Crippen LogP contribution in [0.2, 0.25) is 0 Å². The predicted octanol–water partition coefficient (Wildman–Crippen LogP) is 1.20. The molecule has 0 spiro atoms. The number of aryl methyl sites for hydroxylation is 1. The Morgan fingerprint density at radius 3 is 2.83 bits per heavy atom. The maximum absolute atomic E-state index is 12.4. The zero-order valence-electron chi connectivity index (χ0n) is 13.0. The molecule has 8 nitrogen and oxygen atoms in total. The Hall–Kier alpha value is -2.94. The molecule has 0 fully saturated rings. The van der Waals surface area contributed by atoms with E-state index in [0.717, 1.165) is 9.44 Å². The van der Waals surface area contributed by atoms with E-state index >= 15 is 0 Å². The molecule has 0 radical (unpaired) electrons. The molecular formula is C15H13N5O3S. The van der Waals surface area contributed by atoms with Crippen LogP contribution >= 0.6 is 11.3 Å². The summed E-state index contributed by atoms with van der Waals surface area (Å²) in [7, 11) is 3.04. The van der Waals surface area contributed by atoms with E-state index in [1.54, 1.807) is 29.2 Å². The molecule has 4 aromatic rings. The summed E-state index contributed by atoms with van der Waals surface area (Å²) in [6.07, 6.45) is 3.10. The summed E-state index contributed by atoms with van der Waals surface area (Å²) in [6.45, 7) is 0.332. The maximum atomic E-state index is 12.4. The lowest BCUT2D eigenvalue weighted by molar-refractivity contribution is 0.573. The molecule has 0 atom stereocenters. The highest BCUT2D eigenvalue weighted by Gasteiger charge is 2.15. The van der Waals surface area contributed by atoms with Crippen molar-refractivity contribution in [1.82, 2.24) is 23.7 Å². The first-order chi connectivity index (χ1) is 11.6. The third-order valence-corrected chi connectivity index (χ3v) is 4.69. The second-order valence-electron chi connectivity index (χ2n) is 5.37. The highest BCUT2D eigenvalue weighted by molar-refractivity contribution is 7.13. The van der Waals surface area contributed by atoms with Crippen LogP contribution in [0.15, 0.2) is 44.1 Å². The first-order valence-corrected chi connectivity index (χ1v) is 8.03. The van der Waals surface area contributed by atoms with Crippen LogP contribution in [0.4, 0.5) is 0 Å². The summed E-state index contributed by atoms with van der Waals surface area (Å²) in [5.74, 6) is 0.546. The minimum absolute atomic E-state index is 0.332. The molecule has 122 valence electrons. The molecule has 0 bridgehead atoms. The summed E-state index contributed by atoms with van der Waals surface area (Å²) in [5, 5.41) is 1.95. The van der Waals surface area contributed by atoms with Gasteiger partial charge in [0.1, 0.15) is 6.26 Å². The first kappa shape index (κ1) is 14.6. The zero-order chi connectivity index (χ0) is 16.8. The molecule has 0 saturated heterocycles. The van der Waals surface area contributed by atoms with Gasteiger partial charge in [-0.1, -0.05) is 6.07 Å². The molecule has 9 heteroatoms. The number of nitrogens with zero attached hydrogens (tertiary/aromatic N) is 5. The van der Waals surface area contributed by atoms with Gasteiger partial charge in [-0.15, -0.1) is 11.3 Å². The highest BCUT2D eigenvalue weighted by atomic mass is 32.1. The minimum atomic E-state index is -0.404. The van der Waals surface area contributed by atoms with Gasteiger partial charge in [-0.05, 0) is 11.4 Å². The molecule has 4 aromatic heterocycles. The van der Waals surface area contributed by atoms with Gasteiger partial charge < -0.3 is 8.98 Å². The quantitative estimate of drug-likeness (QED) is 0.558. The smallest absolute Gasteiger partial charge is 0.332 e. The SMILES string of the molecule is Cn1c(=O)c2c(ncn2Cc2coc(-c3cccs3)n2)n(C)c1=O. The van der Waals surface area contributed by atoms with E-state index in [2.05, 4.69) is 9.97 Å². The predicted molar refractivity (Wildman–Crippen MR) is 89.1 cm³/mol. The average Bonchev–Trinajstić information content (AvgIpc) is 3.31. The van der Waals surface area contributed by atoms with Gasteiger partial charge in [0.2, 0.25) is 5.89 Å². The number of hydrogen-bond donors (Lipinski definition) is 0. The zero-order valence-corrected chi connectivity index (χ0v) is 13.8. The van der Waals surface area contributed by atoms with Crippen LogP contribution < -0.4 is 11.2 Å². The molecule has 0 aromatic carbocycles. The van der Waals surface area contributed by atoms with Crippen LogP contribution in [-0.4, -0.2) is 23.7 Å². The van der Waals surface area contributed by atoms with Crippen molar-refractivity contribution >= 4 is 22.5 Å². The van der Waals surface area contributed by atoms with Gasteiger partial charge in [0.15, 0.2) is 11.2 Å². The van der Waals surface area contributed by atoms with E-state index in [1.807, 2.05) is 17.5 Å². The summed E-state index contributed by atoms with van der Waals surface area (Å²) < 4.78 is 9.59. The number of imidazole rings is 1. The van der Waals surface area contributed by atoms with E-state index in [4.69, 9.17) is 4.42 Å². The molecule has 4 rings (SSSR count). The van der Waals surface area contributed by atoms with Crippen molar-refractivity contribution < 1.29 is 4.42 Å². The molecular weight excluding hydrogens is 330 g/mol. The summed E-state index contributed by atoms with van der Waals surface area (Å²) in [5.41, 5.74) is 0.602. The minimum Gasteiger partial charge on any atom is -0.443 e. The Labute approximate surface area is 139 Å². The van der Waals surface area contributed by atoms with E-state index in [0.29, 0.717) is 29.3 Å². The van der Waals surface area contributed by atoms with Crippen LogP contribution in [-0.2, 0) is 20.6 Å². The largest absolute Gasteiger partial charge is 0.443 e. The van der Waals surface area contributed by atoms with Crippen molar-refractivity contribution in [3.63, 3.8) is 0 Å². The Kier molecular flexibility index (Phi) is 3.24. The molecule has 0 N–H and O–H groups in total. The van der Waals surface area contributed by atoms with Crippen molar-refractivity contribution in [2.24, 2.45) is 14.1 Å². The molecule has 0 aliphatic carbocycles. The van der Waals surface area contributed by atoms with Crippen molar-refractivity contribution in [3.8, 4) is 10.8 Å². The average molecular weight is 343 g/mol. The van der Waals surface area contributed by atoms with Gasteiger partial charge in [0.05, 0.1) is 23.4 Å². The molecule has 0 aliphatic heterocycles. The maximum Gasteiger partial charge on any atom is 0.332 e. The molecule has 0 saturated carbocycles. The third-order valence-electron chi connectivity index (χ3n) is 3.83. The Bertz CT molecular complexity index is 1150. The Morgan fingerprint density at radius 2 is 2.08 bits per heavy atom. The van der Waals surface area contributed by atoms with Crippen molar-refractivity contribution in [3.05, 3.63) is 56.6 Å². The van der Waals surface area contributed by atoms with Crippen molar-refractivity contribution in [2.45, 2.75) is 6.54 Å². The first-order valence-electron chi connectivity index (χ1n) is 7.15. The molecule has 0 aliphatic rings. The van der Waals surface area contributed by atoms with Crippen LogP contribution in [0.1, 0.15) is 5.69 Å². The van der Waals surface area contributed by atoms with Crippen molar-refractivity contribution in [1.29, 1.82) is 0 Å². The fraction of sp³-hybridized carbons (Fsp3) is 0.200. The van der Waals surface area contributed by atoms with E-state index < -0.39 is 5.69 Å². The van der Waals surface area contributed by atoms with Crippen LogP contribution in [0.3, 0.4) is 0 Å². The summed E-state index contributed by atoms with van der Waals surface area (Å²) in [4.78, 5) is 33.9. The Morgan fingerprint density at radius 1 is 1.25 bits per heavy atom. The number of aromatic nitrogens is 5. The van der Waals surface area contributed by atoms with Gasteiger partial charge in [-0.3, -0.25) is 13.9 Å². The number of oxazole rings is 1. The molecule has 0 amide bonds. The van der Waals surface area contributed by atoms with E-state index in [9.17, 15) is 9.59 Å². The van der Waals surface area contributed by atoms with E-state index in [-0.39, 0.29) is 5.56 Å². The lowest BCUT2D eigenvalue weighted by Gasteiger charge is -2.05. The van der Waals surface area contributed by atoms with Gasteiger partial charge in [0.25, 0.3) is 5.56 Å². The van der Waals surface area contributed by atoms with Crippen molar-refractivity contribution in [2.75, 3.05) is 0 Å². The molecule has 4 heterocycles. The van der Waals surface area contributed by atoms with E-state index in [1.165, 1.54) is 17.9 Å². The highest BCUT2D eigenvalue weighted by Crippen LogP contribution is 2.24.